The van der Waals surface area contributed by atoms with Crippen molar-refractivity contribution in [3.63, 3.8) is 0 Å². The van der Waals surface area contributed by atoms with Gasteiger partial charge in [0.1, 0.15) is 5.78 Å². The molecule has 0 aromatic rings. The lowest BCUT2D eigenvalue weighted by atomic mass is 10.0. The fourth-order valence-corrected chi connectivity index (χ4v) is 3.05. The van der Waals surface area contributed by atoms with Gasteiger partial charge in [0.15, 0.2) is 0 Å². The predicted octanol–water partition coefficient (Wildman–Crippen LogP) is 1.98. The van der Waals surface area contributed by atoms with Crippen LogP contribution in [0.3, 0.4) is 0 Å². The summed E-state index contributed by atoms with van der Waals surface area (Å²) in [6, 6.07) is 1.65. The quantitative estimate of drug-likeness (QED) is 0.663. The molecule has 2 heteroatoms. The summed E-state index contributed by atoms with van der Waals surface area (Å²) < 4.78 is 0. The summed E-state index contributed by atoms with van der Waals surface area (Å²) in [4.78, 5) is 14.1. The van der Waals surface area contributed by atoms with Gasteiger partial charge in [0.05, 0.1) is 6.04 Å². The first-order chi connectivity index (χ1) is 6.24. The van der Waals surface area contributed by atoms with Crippen LogP contribution in [0.2, 0.25) is 0 Å². The van der Waals surface area contributed by atoms with Crippen molar-refractivity contribution >= 4 is 5.78 Å². The van der Waals surface area contributed by atoms with E-state index in [1.54, 1.807) is 0 Å². The van der Waals surface area contributed by atoms with E-state index >= 15 is 0 Å². The van der Waals surface area contributed by atoms with Crippen LogP contribution < -0.4 is 0 Å². The molecule has 2 heterocycles. The molecule has 2 saturated heterocycles. The van der Waals surface area contributed by atoms with Gasteiger partial charge in [-0.3, -0.25) is 9.69 Å². The topological polar surface area (TPSA) is 20.3 Å². The number of rotatable bonds is 3. The van der Waals surface area contributed by atoms with E-state index in [-0.39, 0.29) is 6.04 Å². The summed E-state index contributed by atoms with van der Waals surface area (Å²) in [6.45, 7) is 4.05. The fourth-order valence-electron chi connectivity index (χ4n) is 3.05. The molecular weight excluding hydrogens is 162 g/mol. The smallest absolute Gasteiger partial charge is 0.149 e. The molecule has 1 unspecified atom stereocenters. The van der Waals surface area contributed by atoms with Gasteiger partial charge in [0, 0.05) is 18.5 Å². The summed E-state index contributed by atoms with van der Waals surface area (Å²) in [7, 11) is 0. The van der Waals surface area contributed by atoms with Crippen molar-refractivity contribution in [2.75, 3.05) is 0 Å². The van der Waals surface area contributed by atoms with Crippen LogP contribution in [0.4, 0.5) is 0 Å². The molecule has 0 saturated carbocycles. The van der Waals surface area contributed by atoms with Gasteiger partial charge in [-0.15, -0.1) is 0 Å². The number of nitrogens with zero attached hydrogens (tertiary/aromatic N) is 1. The molecule has 1 atom stereocenters. The first-order valence-corrected chi connectivity index (χ1v) is 5.54. The van der Waals surface area contributed by atoms with Crippen molar-refractivity contribution < 1.29 is 4.79 Å². The van der Waals surface area contributed by atoms with Gasteiger partial charge in [0.2, 0.25) is 0 Å². The zero-order valence-electron chi connectivity index (χ0n) is 8.62. The van der Waals surface area contributed by atoms with Crippen LogP contribution in [-0.4, -0.2) is 28.8 Å². The summed E-state index contributed by atoms with van der Waals surface area (Å²) in [5.74, 6) is 0.416. The van der Waals surface area contributed by atoms with Crippen molar-refractivity contribution in [3.05, 3.63) is 0 Å². The van der Waals surface area contributed by atoms with Gasteiger partial charge in [-0.1, -0.05) is 6.92 Å². The second-order valence-corrected chi connectivity index (χ2v) is 4.41. The highest BCUT2D eigenvalue weighted by atomic mass is 16.1. The van der Waals surface area contributed by atoms with Crippen LogP contribution in [-0.2, 0) is 4.79 Å². The van der Waals surface area contributed by atoms with Gasteiger partial charge in [0.25, 0.3) is 0 Å². The Hall–Kier alpha value is -0.370. The normalized spacial score (nSPS) is 35.2. The molecule has 0 radical (unpaired) electrons. The van der Waals surface area contributed by atoms with E-state index in [9.17, 15) is 4.79 Å². The molecule has 2 aliphatic rings. The van der Waals surface area contributed by atoms with Crippen LogP contribution >= 0.6 is 0 Å². The largest absolute Gasteiger partial charge is 0.298 e. The number of carbonyl (C=O) groups excluding carboxylic acids is 1. The molecule has 2 aliphatic heterocycles. The summed E-state index contributed by atoms with van der Waals surface area (Å²) in [5, 5.41) is 0. The molecule has 2 rings (SSSR count). The van der Waals surface area contributed by atoms with E-state index in [1.807, 2.05) is 6.92 Å². The van der Waals surface area contributed by atoms with Crippen LogP contribution in [0.1, 0.15) is 46.0 Å². The lowest BCUT2D eigenvalue weighted by Gasteiger charge is -2.27. The Bertz CT molecular complexity index is 194. The van der Waals surface area contributed by atoms with E-state index in [2.05, 4.69) is 11.8 Å². The Morgan fingerprint density at radius 3 is 2.15 bits per heavy atom. The molecular formula is C11H19NO. The van der Waals surface area contributed by atoms with Crippen LogP contribution in [0.25, 0.3) is 0 Å². The van der Waals surface area contributed by atoms with Crippen molar-refractivity contribution in [2.24, 2.45) is 0 Å². The first kappa shape index (κ1) is 9.20. The number of hydrogen-bond acceptors (Lipinski definition) is 2. The number of ketones is 1. The van der Waals surface area contributed by atoms with Gasteiger partial charge < -0.3 is 0 Å². The third-order valence-electron chi connectivity index (χ3n) is 3.77. The van der Waals surface area contributed by atoms with Crippen LogP contribution in [0.5, 0.6) is 0 Å². The minimum absolute atomic E-state index is 0.185. The monoisotopic (exact) mass is 181 g/mol. The SMILES string of the molecule is CCC(=O)C(C)N1C2CCC1CC2. The minimum Gasteiger partial charge on any atom is -0.298 e. The maximum absolute atomic E-state index is 11.6. The van der Waals surface area contributed by atoms with E-state index in [0.29, 0.717) is 12.2 Å². The van der Waals surface area contributed by atoms with Crippen molar-refractivity contribution in [1.29, 1.82) is 0 Å². The van der Waals surface area contributed by atoms with E-state index in [0.717, 1.165) is 12.1 Å². The van der Waals surface area contributed by atoms with Crippen molar-refractivity contribution in [2.45, 2.75) is 64.1 Å². The summed E-state index contributed by atoms with van der Waals surface area (Å²) in [6.07, 6.45) is 5.99. The third-order valence-corrected chi connectivity index (χ3v) is 3.77. The number of fused-ring (bicyclic) bond motifs is 2. The minimum atomic E-state index is 0.185. The van der Waals surface area contributed by atoms with E-state index in [4.69, 9.17) is 0 Å². The Balaban J connectivity index is 2.04. The predicted molar refractivity (Wildman–Crippen MR) is 52.6 cm³/mol. The van der Waals surface area contributed by atoms with Crippen LogP contribution in [0, 0.1) is 0 Å². The van der Waals surface area contributed by atoms with Gasteiger partial charge in [-0.25, -0.2) is 0 Å². The second-order valence-electron chi connectivity index (χ2n) is 4.41. The molecule has 0 amide bonds. The number of carbonyl (C=O) groups is 1. The molecule has 0 N–H and O–H groups in total. The lowest BCUT2D eigenvalue weighted by Crippen LogP contribution is -2.41. The number of Topliss-reactive ketones (excluding diaryl/α,β-unsaturated/α-hetero) is 1. The molecule has 0 aliphatic carbocycles. The lowest BCUT2D eigenvalue weighted by molar-refractivity contribution is -0.123. The van der Waals surface area contributed by atoms with Gasteiger partial charge in [-0.05, 0) is 32.6 Å². The average molecular weight is 181 g/mol. The Morgan fingerprint density at radius 1 is 1.31 bits per heavy atom. The molecule has 0 aromatic heterocycles. The van der Waals surface area contributed by atoms with Crippen molar-refractivity contribution in [1.82, 2.24) is 4.90 Å². The molecule has 0 spiro atoms. The fraction of sp³-hybridized carbons (Fsp3) is 0.909. The number of hydrogen-bond donors (Lipinski definition) is 0. The molecule has 2 nitrogen and oxygen atoms in total. The Morgan fingerprint density at radius 2 is 1.77 bits per heavy atom. The molecule has 74 valence electrons. The molecule has 2 bridgehead atoms. The zero-order valence-corrected chi connectivity index (χ0v) is 8.62. The highest BCUT2D eigenvalue weighted by molar-refractivity contribution is 5.83. The summed E-state index contributed by atoms with van der Waals surface area (Å²) in [5.41, 5.74) is 0. The summed E-state index contributed by atoms with van der Waals surface area (Å²) >= 11 is 0. The Kier molecular flexibility index (Phi) is 2.41. The van der Waals surface area contributed by atoms with Crippen LogP contribution in [0.15, 0.2) is 0 Å². The maximum Gasteiger partial charge on any atom is 0.149 e. The molecule has 13 heavy (non-hydrogen) atoms. The average Bonchev–Trinajstić information content (AvgIpc) is 2.74. The maximum atomic E-state index is 11.6. The highest BCUT2D eigenvalue weighted by Gasteiger charge is 2.42. The van der Waals surface area contributed by atoms with Gasteiger partial charge in [-0.2, -0.15) is 0 Å². The molecule has 2 fully saturated rings. The standard InChI is InChI=1S/C11H19NO/c1-3-11(13)8(2)12-9-4-5-10(12)7-6-9/h8-10H,3-7H2,1-2H3. The second kappa shape index (κ2) is 3.41. The van der Waals surface area contributed by atoms with E-state index < -0.39 is 0 Å². The Labute approximate surface area is 80.3 Å². The highest BCUT2D eigenvalue weighted by Crippen LogP contribution is 2.38. The van der Waals surface area contributed by atoms with E-state index in [1.165, 1.54) is 25.7 Å². The molecule has 0 aromatic carbocycles. The zero-order chi connectivity index (χ0) is 9.42. The van der Waals surface area contributed by atoms with Crippen molar-refractivity contribution in [3.8, 4) is 0 Å². The van der Waals surface area contributed by atoms with Gasteiger partial charge >= 0.3 is 0 Å². The first-order valence-electron chi connectivity index (χ1n) is 5.54. The third kappa shape index (κ3) is 1.41.